The van der Waals surface area contributed by atoms with Gasteiger partial charge in [0.1, 0.15) is 11.5 Å². The number of carboxylic acid groups (broad SMARTS) is 1. The molecule has 6 heteroatoms. The number of ether oxygens (including phenoxy) is 2. The number of benzene rings is 1. The van der Waals surface area contributed by atoms with Crippen LogP contribution in [0.15, 0.2) is 30.4 Å². The molecule has 1 saturated carbocycles. The fourth-order valence-electron chi connectivity index (χ4n) is 3.63. The van der Waals surface area contributed by atoms with Crippen LogP contribution >= 0.6 is 0 Å². The summed E-state index contributed by atoms with van der Waals surface area (Å²) in [4.78, 5) is 24.2. The van der Waals surface area contributed by atoms with Gasteiger partial charge in [0.05, 0.1) is 31.7 Å². The lowest BCUT2D eigenvalue weighted by Gasteiger charge is -2.24. The van der Waals surface area contributed by atoms with Gasteiger partial charge in [0.25, 0.3) is 0 Å². The zero-order valence-corrected chi connectivity index (χ0v) is 13.0. The number of allylic oxidation sites excluding steroid dienone is 2. The molecule has 3 rings (SSSR count). The van der Waals surface area contributed by atoms with Gasteiger partial charge in [-0.05, 0) is 30.4 Å². The molecule has 2 bridgehead atoms. The van der Waals surface area contributed by atoms with Crippen molar-refractivity contribution in [3.8, 4) is 11.5 Å². The van der Waals surface area contributed by atoms with Gasteiger partial charge in [-0.2, -0.15) is 0 Å². The molecule has 0 saturated heterocycles. The summed E-state index contributed by atoms with van der Waals surface area (Å²) in [5, 5.41) is 12.2. The van der Waals surface area contributed by atoms with Gasteiger partial charge in [-0.15, -0.1) is 0 Å². The minimum absolute atomic E-state index is 0.00894. The molecule has 2 N–H and O–H groups in total. The molecule has 23 heavy (non-hydrogen) atoms. The normalized spacial score (nSPS) is 27.7. The van der Waals surface area contributed by atoms with Gasteiger partial charge in [-0.3, -0.25) is 9.59 Å². The maximum atomic E-state index is 12.6. The van der Waals surface area contributed by atoms with Gasteiger partial charge in [0.2, 0.25) is 5.91 Å². The van der Waals surface area contributed by atoms with Gasteiger partial charge >= 0.3 is 5.97 Å². The van der Waals surface area contributed by atoms with E-state index in [1.54, 1.807) is 25.3 Å². The largest absolute Gasteiger partial charge is 0.497 e. The summed E-state index contributed by atoms with van der Waals surface area (Å²) in [5.74, 6) is -1.37. The second-order valence-corrected chi connectivity index (χ2v) is 5.89. The molecule has 0 radical (unpaired) electrons. The Morgan fingerprint density at radius 3 is 2.43 bits per heavy atom. The van der Waals surface area contributed by atoms with Crippen LogP contribution in [0.2, 0.25) is 0 Å². The molecule has 0 aliphatic heterocycles. The van der Waals surface area contributed by atoms with Crippen molar-refractivity contribution in [1.82, 2.24) is 0 Å². The van der Waals surface area contributed by atoms with E-state index in [1.807, 2.05) is 12.2 Å². The van der Waals surface area contributed by atoms with E-state index in [9.17, 15) is 14.7 Å². The molecule has 0 aromatic heterocycles. The number of hydrogen-bond donors (Lipinski definition) is 2. The average molecular weight is 317 g/mol. The fourth-order valence-corrected chi connectivity index (χ4v) is 3.63. The van der Waals surface area contributed by atoms with Crippen molar-refractivity contribution in [3.63, 3.8) is 0 Å². The molecule has 0 spiro atoms. The highest BCUT2D eigenvalue weighted by Gasteiger charge is 2.51. The maximum absolute atomic E-state index is 12.6. The lowest BCUT2D eigenvalue weighted by atomic mass is 9.82. The van der Waals surface area contributed by atoms with Crippen molar-refractivity contribution in [2.24, 2.45) is 23.7 Å². The van der Waals surface area contributed by atoms with Crippen LogP contribution in [0.25, 0.3) is 0 Å². The number of aliphatic carboxylic acids is 1. The third-order valence-corrected chi connectivity index (χ3v) is 4.71. The zero-order valence-electron chi connectivity index (χ0n) is 13.0. The van der Waals surface area contributed by atoms with E-state index < -0.39 is 17.8 Å². The van der Waals surface area contributed by atoms with E-state index in [0.29, 0.717) is 17.2 Å². The number of methoxy groups -OCH3 is 2. The van der Waals surface area contributed by atoms with Gasteiger partial charge in [0, 0.05) is 6.07 Å². The van der Waals surface area contributed by atoms with E-state index in [2.05, 4.69) is 5.32 Å². The van der Waals surface area contributed by atoms with Gasteiger partial charge < -0.3 is 19.9 Å². The molecule has 0 heterocycles. The summed E-state index contributed by atoms with van der Waals surface area (Å²) >= 11 is 0. The Morgan fingerprint density at radius 1 is 1.13 bits per heavy atom. The highest BCUT2D eigenvalue weighted by molar-refractivity contribution is 5.97. The third kappa shape index (κ3) is 2.65. The van der Waals surface area contributed by atoms with Gasteiger partial charge in [-0.25, -0.2) is 0 Å². The molecule has 1 fully saturated rings. The van der Waals surface area contributed by atoms with Crippen LogP contribution < -0.4 is 14.8 Å². The number of nitrogens with one attached hydrogen (secondary N) is 1. The lowest BCUT2D eigenvalue weighted by Crippen LogP contribution is -2.36. The van der Waals surface area contributed by atoms with Crippen molar-refractivity contribution in [2.75, 3.05) is 19.5 Å². The minimum atomic E-state index is -0.913. The summed E-state index contributed by atoms with van der Waals surface area (Å²) < 4.78 is 10.4. The number of hydrogen-bond acceptors (Lipinski definition) is 4. The molecule has 122 valence electrons. The van der Waals surface area contributed by atoms with Crippen LogP contribution in [0.3, 0.4) is 0 Å². The van der Waals surface area contributed by atoms with E-state index in [-0.39, 0.29) is 17.7 Å². The predicted molar refractivity (Wildman–Crippen MR) is 83.5 cm³/mol. The smallest absolute Gasteiger partial charge is 0.307 e. The standard InChI is InChI=1S/C17H19NO5/c1-22-11-5-6-12(13(8-11)23-2)18-16(19)14-9-3-4-10(7-9)15(14)17(20)21/h3-6,8-10,14-15H,7H2,1-2H3,(H,18,19)(H,20,21)/t9-,10-,14-,15+/m0/s1. The Morgan fingerprint density at radius 2 is 1.83 bits per heavy atom. The molecule has 6 nitrogen and oxygen atoms in total. The first kappa shape index (κ1) is 15.4. The fraction of sp³-hybridized carbons (Fsp3) is 0.412. The third-order valence-electron chi connectivity index (χ3n) is 4.71. The van der Waals surface area contributed by atoms with Crippen LogP contribution in [-0.2, 0) is 9.59 Å². The molecule has 2 aliphatic carbocycles. The molecular weight excluding hydrogens is 298 g/mol. The van der Waals surface area contributed by atoms with Crippen LogP contribution in [0, 0.1) is 23.7 Å². The summed E-state index contributed by atoms with van der Waals surface area (Å²) in [6.45, 7) is 0. The van der Waals surface area contributed by atoms with E-state index in [1.165, 1.54) is 7.11 Å². The first-order chi connectivity index (χ1) is 11.0. The highest BCUT2D eigenvalue weighted by Crippen LogP contribution is 2.48. The summed E-state index contributed by atoms with van der Waals surface area (Å²) in [6, 6.07) is 5.08. The summed E-state index contributed by atoms with van der Waals surface area (Å²) in [7, 11) is 3.05. The number of fused-ring (bicyclic) bond motifs is 2. The molecule has 0 unspecified atom stereocenters. The Labute approximate surface area is 134 Å². The second kappa shape index (κ2) is 5.95. The van der Waals surface area contributed by atoms with E-state index in [4.69, 9.17) is 9.47 Å². The molecule has 1 amide bonds. The molecule has 1 aromatic carbocycles. The lowest BCUT2D eigenvalue weighted by molar-refractivity contribution is -0.146. The Balaban J connectivity index is 1.82. The number of carboxylic acids is 1. The summed E-state index contributed by atoms with van der Waals surface area (Å²) in [5.41, 5.74) is 0.509. The van der Waals surface area contributed by atoms with Crippen molar-refractivity contribution in [2.45, 2.75) is 6.42 Å². The van der Waals surface area contributed by atoms with Gasteiger partial charge in [-0.1, -0.05) is 12.2 Å². The van der Waals surface area contributed by atoms with Crippen LogP contribution in [-0.4, -0.2) is 31.2 Å². The van der Waals surface area contributed by atoms with Gasteiger partial charge in [0.15, 0.2) is 0 Å². The monoisotopic (exact) mass is 317 g/mol. The van der Waals surface area contributed by atoms with Crippen molar-refractivity contribution >= 4 is 17.6 Å². The Hall–Kier alpha value is -2.50. The van der Waals surface area contributed by atoms with Crippen LogP contribution in [0.4, 0.5) is 5.69 Å². The number of carbonyl (C=O) groups is 2. The Bertz CT molecular complexity index is 669. The van der Waals surface area contributed by atoms with Crippen molar-refractivity contribution in [1.29, 1.82) is 0 Å². The summed E-state index contributed by atoms with van der Waals surface area (Å²) in [6.07, 6.45) is 4.61. The highest BCUT2D eigenvalue weighted by atomic mass is 16.5. The molecule has 4 atom stereocenters. The molecule has 2 aliphatic rings. The SMILES string of the molecule is COc1ccc(NC(=O)[C@@H]2[C@H](C(=O)O)[C@H]3C=C[C@H]2C3)c(OC)c1. The number of anilines is 1. The topological polar surface area (TPSA) is 84.9 Å². The zero-order chi connectivity index (χ0) is 16.6. The van der Waals surface area contributed by atoms with E-state index >= 15 is 0 Å². The minimum Gasteiger partial charge on any atom is -0.497 e. The quantitative estimate of drug-likeness (QED) is 0.813. The Kier molecular flexibility index (Phi) is 3.98. The first-order valence-electron chi connectivity index (χ1n) is 7.49. The second-order valence-electron chi connectivity index (χ2n) is 5.89. The van der Waals surface area contributed by atoms with Crippen molar-refractivity contribution < 1.29 is 24.2 Å². The van der Waals surface area contributed by atoms with Crippen LogP contribution in [0.1, 0.15) is 6.42 Å². The molecular formula is C17H19NO5. The predicted octanol–water partition coefficient (Wildman–Crippen LogP) is 2.17. The van der Waals surface area contributed by atoms with Crippen LogP contribution in [0.5, 0.6) is 11.5 Å². The first-order valence-corrected chi connectivity index (χ1v) is 7.49. The van der Waals surface area contributed by atoms with Crippen molar-refractivity contribution in [3.05, 3.63) is 30.4 Å². The maximum Gasteiger partial charge on any atom is 0.307 e. The molecule has 1 aromatic rings. The number of carbonyl (C=O) groups excluding carboxylic acids is 1. The number of amides is 1. The average Bonchev–Trinajstić information content (AvgIpc) is 3.16. The van der Waals surface area contributed by atoms with E-state index in [0.717, 1.165) is 6.42 Å². The number of rotatable bonds is 5.